The molecule has 0 radical (unpaired) electrons. The van der Waals surface area contributed by atoms with Gasteiger partial charge in [-0.1, -0.05) is 54.6 Å². The van der Waals surface area contributed by atoms with Gasteiger partial charge in [-0.3, -0.25) is 4.98 Å². The fourth-order valence-electron chi connectivity index (χ4n) is 1.96. The molecule has 0 amide bonds. The quantitative estimate of drug-likeness (QED) is 0.678. The van der Waals surface area contributed by atoms with Gasteiger partial charge in [0.2, 0.25) is 0 Å². The van der Waals surface area contributed by atoms with Crippen molar-refractivity contribution < 1.29 is 9.53 Å². The number of thiazole rings is 1. The highest BCUT2D eigenvalue weighted by atomic mass is 32.1. The van der Waals surface area contributed by atoms with E-state index in [-0.39, 0.29) is 12.6 Å². The van der Waals surface area contributed by atoms with Crippen molar-refractivity contribution in [1.29, 1.82) is 0 Å². The minimum absolute atomic E-state index is 0.270. The van der Waals surface area contributed by atoms with Gasteiger partial charge < -0.3 is 4.74 Å². The van der Waals surface area contributed by atoms with Gasteiger partial charge in [-0.25, -0.2) is 4.79 Å². The molecule has 3 aromatic rings. The minimum Gasteiger partial charge on any atom is -0.457 e. The van der Waals surface area contributed by atoms with Crippen molar-refractivity contribution in [3.05, 3.63) is 76.7 Å². The summed E-state index contributed by atoms with van der Waals surface area (Å²) in [5, 5.41) is 0. The fourth-order valence-corrected chi connectivity index (χ4v) is 2.47. The third-order valence-corrected chi connectivity index (χ3v) is 3.82. The molecule has 0 aliphatic carbocycles. The molecule has 4 heteroatoms. The number of rotatable bonds is 4. The van der Waals surface area contributed by atoms with Crippen LogP contribution >= 0.6 is 11.3 Å². The van der Waals surface area contributed by atoms with E-state index >= 15 is 0 Å². The Bertz CT molecular complexity index is 706. The van der Waals surface area contributed by atoms with Crippen LogP contribution in [0.2, 0.25) is 0 Å². The molecule has 0 aliphatic heterocycles. The van der Waals surface area contributed by atoms with Crippen LogP contribution in [0.3, 0.4) is 0 Å². The third kappa shape index (κ3) is 3.35. The Morgan fingerprint density at radius 3 is 2.38 bits per heavy atom. The summed E-state index contributed by atoms with van der Waals surface area (Å²) in [6.07, 6.45) is 1.52. The molecular weight excluding hydrogens is 282 g/mol. The van der Waals surface area contributed by atoms with Crippen LogP contribution in [0, 0.1) is 0 Å². The van der Waals surface area contributed by atoms with Gasteiger partial charge in [0.05, 0.1) is 11.7 Å². The van der Waals surface area contributed by atoms with Crippen LogP contribution in [-0.2, 0) is 11.3 Å². The van der Waals surface area contributed by atoms with E-state index < -0.39 is 0 Å². The maximum absolute atomic E-state index is 11.7. The molecule has 1 heterocycles. The Kier molecular flexibility index (Phi) is 4.07. The molecule has 0 saturated carbocycles. The Balaban J connectivity index is 1.64. The lowest BCUT2D eigenvalue weighted by Gasteiger charge is -2.05. The van der Waals surface area contributed by atoms with Crippen LogP contribution in [0.4, 0.5) is 0 Å². The highest BCUT2D eigenvalue weighted by Gasteiger charge is 2.08. The average molecular weight is 295 g/mol. The summed E-state index contributed by atoms with van der Waals surface area (Å²) in [7, 11) is 0. The van der Waals surface area contributed by atoms with Gasteiger partial charge in [-0.15, -0.1) is 11.3 Å². The number of ether oxygens (including phenoxy) is 1. The molecule has 21 heavy (non-hydrogen) atoms. The predicted octanol–water partition coefficient (Wildman–Crippen LogP) is 4.17. The van der Waals surface area contributed by atoms with E-state index in [1.807, 2.05) is 42.5 Å². The van der Waals surface area contributed by atoms with E-state index in [1.165, 1.54) is 23.1 Å². The normalized spacial score (nSPS) is 10.3. The molecule has 0 saturated heterocycles. The predicted molar refractivity (Wildman–Crippen MR) is 83.1 cm³/mol. The first-order valence-electron chi connectivity index (χ1n) is 6.53. The van der Waals surface area contributed by atoms with E-state index in [0.717, 1.165) is 11.1 Å². The van der Waals surface area contributed by atoms with Crippen LogP contribution < -0.4 is 0 Å². The lowest BCUT2D eigenvalue weighted by molar-refractivity contribution is 0.0478. The Morgan fingerprint density at radius 2 is 1.71 bits per heavy atom. The van der Waals surface area contributed by atoms with Gasteiger partial charge >= 0.3 is 5.97 Å². The largest absolute Gasteiger partial charge is 0.457 e. The van der Waals surface area contributed by atoms with E-state index in [4.69, 9.17) is 4.74 Å². The maximum Gasteiger partial charge on any atom is 0.350 e. The lowest BCUT2D eigenvalue weighted by Crippen LogP contribution is -2.03. The van der Waals surface area contributed by atoms with Gasteiger partial charge in [0, 0.05) is 0 Å². The standard InChI is InChI=1S/C17H13NO2S/c19-17(16-10-18-12-21-16)20-11-13-6-8-15(9-7-13)14-4-2-1-3-5-14/h1-10,12H,11H2. The molecule has 0 spiro atoms. The Hall–Kier alpha value is -2.46. The second-order valence-corrected chi connectivity index (χ2v) is 5.39. The molecule has 1 aromatic heterocycles. The summed E-state index contributed by atoms with van der Waals surface area (Å²) < 4.78 is 5.25. The highest BCUT2D eigenvalue weighted by molar-refractivity contribution is 7.11. The molecule has 104 valence electrons. The molecule has 0 aliphatic rings. The van der Waals surface area contributed by atoms with Crippen LogP contribution in [0.15, 0.2) is 66.3 Å². The Labute approximate surface area is 126 Å². The van der Waals surface area contributed by atoms with E-state index in [2.05, 4.69) is 17.1 Å². The van der Waals surface area contributed by atoms with Gasteiger partial charge in [0.15, 0.2) is 0 Å². The Morgan fingerprint density at radius 1 is 1.00 bits per heavy atom. The number of nitrogens with zero attached hydrogens (tertiary/aromatic N) is 1. The number of hydrogen-bond acceptors (Lipinski definition) is 4. The van der Waals surface area contributed by atoms with Crippen LogP contribution in [0.1, 0.15) is 15.2 Å². The summed E-state index contributed by atoms with van der Waals surface area (Å²) >= 11 is 1.28. The number of carbonyl (C=O) groups is 1. The summed E-state index contributed by atoms with van der Waals surface area (Å²) in [4.78, 5) is 16.1. The SMILES string of the molecule is O=C(OCc1ccc(-c2ccccc2)cc1)c1cncs1. The van der Waals surface area contributed by atoms with Gasteiger partial charge in [0.25, 0.3) is 0 Å². The summed E-state index contributed by atoms with van der Waals surface area (Å²) in [5.74, 6) is -0.329. The third-order valence-electron chi connectivity index (χ3n) is 3.06. The first kappa shape index (κ1) is 13.5. The first-order chi connectivity index (χ1) is 10.3. The van der Waals surface area contributed by atoms with Crippen molar-refractivity contribution in [2.45, 2.75) is 6.61 Å². The van der Waals surface area contributed by atoms with Crippen LogP contribution in [0.25, 0.3) is 11.1 Å². The lowest BCUT2D eigenvalue weighted by atomic mass is 10.0. The van der Waals surface area contributed by atoms with Crippen LogP contribution in [-0.4, -0.2) is 11.0 Å². The van der Waals surface area contributed by atoms with Gasteiger partial charge in [-0.05, 0) is 16.7 Å². The zero-order valence-electron chi connectivity index (χ0n) is 11.2. The fraction of sp³-hybridized carbons (Fsp3) is 0.0588. The molecule has 0 atom stereocenters. The first-order valence-corrected chi connectivity index (χ1v) is 7.41. The molecule has 0 N–H and O–H groups in total. The molecule has 3 nitrogen and oxygen atoms in total. The van der Waals surface area contributed by atoms with Gasteiger partial charge in [0.1, 0.15) is 11.5 Å². The molecule has 2 aromatic carbocycles. The molecule has 0 bridgehead atoms. The number of benzene rings is 2. The zero-order valence-corrected chi connectivity index (χ0v) is 12.0. The van der Waals surface area contributed by atoms with Gasteiger partial charge in [-0.2, -0.15) is 0 Å². The number of hydrogen-bond donors (Lipinski definition) is 0. The maximum atomic E-state index is 11.7. The van der Waals surface area contributed by atoms with E-state index in [0.29, 0.717) is 4.88 Å². The average Bonchev–Trinajstić information content (AvgIpc) is 3.08. The monoisotopic (exact) mass is 295 g/mol. The second-order valence-electron chi connectivity index (χ2n) is 4.50. The molecule has 0 fully saturated rings. The second kappa shape index (κ2) is 6.33. The molecule has 3 rings (SSSR count). The van der Waals surface area contributed by atoms with Crippen molar-refractivity contribution in [2.24, 2.45) is 0 Å². The number of aromatic nitrogens is 1. The van der Waals surface area contributed by atoms with Crippen molar-refractivity contribution >= 4 is 17.3 Å². The smallest absolute Gasteiger partial charge is 0.350 e. The van der Waals surface area contributed by atoms with Crippen molar-refractivity contribution in [2.75, 3.05) is 0 Å². The number of esters is 1. The van der Waals surface area contributed by atoms with Crippen molar-refractivity contribution in [3.8, 4) is 11.1 Å². The summed E-state index contributed by atoms with van der Waals surface area (Å²) in [6.45, 7) is 0.270. The van der Waals surface area contributed by atoms with Crippen molar-refractivity contribution in [1.82, 2.24) is 4.98 Å². The molecular formula is C17H13NO2S. The topological polar surface area (TPSA) is 39.2 Å². The highest BCUT2D eigenvalue weighted by Crippen LogP contribution is 2.19. The van der Waals surface area contributed by atoms with E-state index in [1.54, 1.807) is 5.51 Å². The summed E-state index contributed by atoms with van der Waals surface area (Å²) in [5.41, 5.74) is 4.90. The van der Waals surface area contributed by atoms with Crippen molar-refractivity contribution in [3.63, 3.8) is 0 Å². The molecule has 0 unspecified atom stereocenters. The summed E-state index contributed by atoms with van der Waals surface area (Å²) in [6, 6.07) is 18.2. The van der Waals surface area contributed by atoms with E-state index in [9.17, 15) is 4.79 Å². The number of carbonyl (C=O) groups excluding carboxylic acids is 1. The minimum atomic E-state index is -0.329. The van der Waals surface area contributed by atoms with Crippen LogP contribution in [0.5, 0.6) is 0 Å². The zero-order chi connectivity index (χ0) is 14.5.